The first-order valence-electron chi connectivity index (χ1n) is 9.66. The zero-order valence-electron chi connectivity index (χ0n) is 17.7. The summed E-state index contributed by atoms with van der Waals surface area (Å²) in [4.78, 5) is 12.3. The lowest BCUT2D eigenvalue weighted by atomic mass is 10.2. The van der Waals surface area contributed by atoms with E-state index < -0.39 is 10.0 Å². The smallest absolute Gasteiger partial charge is 0.264 e. The van der Waals surface area contributed by atoms with Crippen LogP contribution in [0.2, 0.25) is 0 Å². The molecule has 2 N–H and O–H groups in total. The molecule has 1 amide bonds. The van der Waals surface area contributed by atoms with Gasteiger partial charge in [-0.3, -0.25) is 4.79 Å². The predicted molar refractivity (Wildman–Crippen MR) is 126 cm³/mol. The molecule has 32 heavy (non-hydrogen) atoms. The zero-order chi connectivity index (χ0) is 23.3. The lowest BCUT2D eigenvalue weighted by Crippen LogP contribution is -2.13. The highest BCUT2D eigenvalue weighted by Gasteiger charge is 2.19. The van der Waals surface area contributed by atoms with Crippen LogP contribution in [-0.4, -0.2) is 26.1 Å². The van der Waals surface area contributed by atoms with E-state index in [9.17, 15) is 13.2 Å². The van der Waals surface area contributed by atoms with Crippen molar-refractivity contribution in [2.75, 3.05) is 16.6 Å². The number of amides is 1. The van der Waals surface area contributed by atoms with E-state index in [1.54, 1.807) is 19.9 Å². The van der Waals surface area contributed by atoms with Crippen molar-refractivity contribution in [2.45, 2.75) is 25.7 Å². The third-order valence-electron chi connectivity index (χ3n) is 4.50. The normalized spacial score (nSPS) is 11.5. The van der Waals surface area contributed by atoms with E-state index in [-0.39, 0.29) is 16.7 Å². The summed E-state index contributed by atoms with van der Waals surface area (Å²) >= 11 is 3.40. The highest BCUT2D eigenvalue weighted by atomic mass is 79.9. The molecule has 0 atom stereocenters. The summed E-state index contributed by atoms with van der Waals surface area (Å²) in [7, 11) is -3.86. The number of hydrogen-bond donors (Lipinski definition) is 2. The molecule has 0 aliphatic rings. The standard InChI is InChI=1S/C22H22BrN3O5S/c1-4-30-20-11-6-17(23)13-16(20)5-12-21(27)24-18-7-9-19(10-8-18)32(28,29)26-22-14(2)15(3)25-31-22/h5-13,26H,4H2,1-3H3,(H,24,27)/b12-5+. The van der Waals surface area contributed by atoms with Gasteiger partial charge in [-0.25, -0.2) is 13.1 Å². The Labute approximate surface area is 194 Å². The number of halogens is 1. The number of aryl methyl sites for hydroxylation is 1. The summed E-state index contributed by atoms with van der Waals surface area (Å²) in [6.07, 6.45) is 3.03. The van der Waals surface area contributed by atoms with Crippen LogP contribution < -0.4 is 14.8 Å². The van der Waals surface area contributed by atoms with Gasteiger partial charge in [0.25, 0.3) is 10.0 Å². The summed E-state index contributed by atoms with van der Waals surface area (Å²) < 4.78 is 38.9. The second-order valence-corrected chi connectivity index (χ2v) is 9.39. The first kappa shape index (κ1) is 23.6. The molecule has 0 unspecified atom stereocenters. The van der Waals surface area contributed by atoms with E-state index in [0.29, 0.717) is 29.3 Å². The largest absolute Gasteiger partial charge is 0.493 e. The quantitative estimate of drug-likeness (QED) is 0.409. The fourth-order valence-electron chi connectivity index (χ4n) is 2.69. The minimum Gasteiger partial charge on any atom is -0.493 e. The van der Waals surface area contributed by atoms with Crippen molar-refractivity contribution >= 4 is 49.5 Å². The highest BCUT2D eigenvalue weighted by molar-refractivity contribution is 9.10. The van der Waals surface area contributed by atoms with Crippen molar-refractivity contribution in [2.24, 2.45) is 0 Å². The fourth-order valence-corrected chi connectivity index (χ4v) is 4.12. The number of aromatic nitrogens is 1. The number of carbonyl (C=O) groups is 1. The van der Waals surface area contributed by atoms with Crippen molar-refractivity contribution in [3.63, 3.8) is 0 Å². The number of hydrogen-bond acceptors (Lipinski definition) is 6. The molecule has 3 rings (SSSR count). The molecular weight excluding hydrogens is 498 g/mol. The van der Waals surface area contributed by atoms with Gasteiger partial charge in [0.2, 0.25) is 11.8 Å². The minimum absolute atomic E-state index is 0.0231. The Hall–Kier alpha value is -3.11. The molecular formula is C22H22BrN3O5S. The number of nitrogens with one attached hydrogen (secondary N) is 2. The van der Waals surface area contributed by atoms with E-state index in [2.05, 4.69) is 31.1 Å². The van der Waals surface area contributed by atoms with Crippen molar-refractivity contribution in [1.82, 2.24) is 5.16 Å². The molecule has 1 heterocycles. The number of benzene rings is 2. The van der Waals surface area contributed by atoms with E-state index in [0.717, 1.165) is 10.0 Å². The van der Waals surface area contributed by atoms with Crippen LogP contribution in [0.25, 0.3) is 6.08 Å². The summed E-state index contributed by atoms with van der Waals surface area (Å²) in [5.41, 5.74) is 2.42. The Morgan fingerprint density at radius 3 is 2.53 bits per heavy atom. The van der Waals surface area contributed by atoms with Crippen LogP contribution in [-0.2, 0) is 14.8 Å². The lowest BCUT2D eigenvalue weighted by molar-refractivity contribution is -0.111. The average Bonchev–Trinajstić information content (AvgIpc) is 3.06. The van der Waals surface area contributed by atoms with Gasteiger partial charge in [0.05, 0.1) is 17.2 Å². The summed E-state index contributed by atoms with van der Waals surface area (Å²) in [5, 5.41) is 6.43. The predicted octanol–water partition coefficient (Wildman–Crippen LogP) is 4.91. The molecule has 0 saturated carbocycles. The molecule has 0 spiro atoms. The van der Waals surface area contributed by atoms with Crippen LogP contribution in [0.3, 0.4) is 0 Å². The molecule has 0 bridgehead atoms. The Kier molecular flexibility index (Phi) is 7.37. The average molecular weight is 520 g/mol. The maximum Gasteiger partial charge on any atom is 0.264 e. The van der Waals surface area contributed by atoms with Crippen LogP contribution >= 0.6 is 15.9 Å². The lowest BCUT2D eigenvalue weighted by Gasteiger charge is -2.08. The Balaban J connectivity index is 1.68. The van der Waals surface area contributed by atoms with Gasteiger partial charge in [0, 0.05) is 27.4 Å². The summed E-state index contributed by atoms with van der Waals surface area (Å²) in [6, 6.07) is 11.3. The maximum atomic E-state index is 12.6. The van der Waals surface area contributed by atoms with Crippen LogP contribution in [0.15, 0.2) is 62.4 Å². The number of rotatable bonds is 8. The Bertz CT molecular complexity index is 1250. The van der Waals surface area contributed by atoms with Crippen LogP contribution in [0, 0.1) is 13.8 Å². The number of ether oxygens (including phenoxy) is 1. The van der Waals surface area contributed by atoms with E-state index >= 15 is 0 Å². The van der Waals surface area contributed by atoms with Crippen LogP contribution in [0.1, 0.15) is 23.7 Å². The molecule has 0 aliphatic heterocycles. The molecule has 8 nitrogen and oxygen atoms in total. The van der Waals surface area contributed by atoms with Crippen molar-refractivity contribution < 1.29 is 22.5 Å². The third kappa shape index (κ3) is 5.77. The third-order valence-corrected chi connectivity index (χ3v) is 6.34. The molecule has 168 valence electrons. The number of nitrogens with zero attached hydrogens (tertiary/aromatic N) is 1. The summed E-state index contributed by atoms with van der Waals surface area (Å²) in [5.74, 6) is 0.372. The SMILES string of the molecule is CCOc1ccc(Br)cc1/C=C/C(=O)Nc1ccc(S(=O)(=O)Nc2onc(C)c2C)cc1. The Morgan fingerprint density at radius 2 is 1.91 bits per heavy atom. The monoisotopic (exact) mass is 519 g/mol. The minimum atomic E-state index is -3.86. The summed E-state index contributed by atoms with van der Waals surface area (Å²) in [6.45, 7) is 5.82. The molecule has 0 fully saturated rings. The highest BCUT2D eigenvalue weighted by Crippen LogP contribution is 2.25. The van der Waals surface area contributed by atoms with Crippen LogP contribution in [0.4, 0.5) is 11.6 Å². The topological polar surface area (TPSA) is 111 Å². The van der Waals surface area contributed by atoms with Gasteiger partial charge in [-0.1, -0.05) is 21.1 Å². The van der Waals surface area contributed by atoms with Crippen molar-refractivity contribution in [3.8, 4) is 5.75 Å². The first-order valence-corrected chi connectivity index (χ1v) is 11.9. The second-order valence-electron chi connectivity index (χ2n) is 6.79. The van der Waals surface area contributed by atoms with Crippen molar-refractivity contribution in [3.05, 3.63) is 69.8 Å². The van der Waals surface area contributed by atoms with E-state index in [1.165, 1.54) is 30.3 Å². The number of sulfonamides is 1. The first-order chi connectivity index (χ1) is 15.2. The molecule has 0 saturated heterocycles. The molecule has 0 radical (unpaired) electrons. The maximum absolute atomic E-state index is 12.6. The number of anilines is 2. The van der Waals surface area contributed by atoms with Gasteiger partial charge in [0.15, 0.2) is 0 Å². The number of carbonyl (C=O) groups excluding carboxylic acids is 1. The molecule has 0 aliphatic carbocycles. The molecule has 3 aromatic rings. The van der Waals surface area contributed by atoms with Gasteiger partial charge in [-0.05, 0) is 69.3 Å². The molecule has 10 heteroatoms. The fraction of sp³-hybridized carbons (Fsp3) is 0.182. The van der Waals surface area contributed by atoms with Crippen LogP contribution in [0.5, 0.6) is 5.75 Å². The Morgan fingerprint density at radius 1 is 1.19 bits per heavy atom. The van der Waals surface area contributed by atoms with E-state index in [1.807, 2.05) is 25.1 Å². The molecule has 2 aromatic carbocycles. The van der Waals surface area contributed by atoms with Gasteiger partial charge < -0.3 is 14.6 Å². The van der Waals surface area contributed by atoms with E-state index in [4.69, 9.17) is 9.26 Å². The van der Waals surface area contributed by atoms with Crippen molar-refractivity contribution in [1.29, 1.82) is 0 Å². The van der Waals surface area contributed by atoms with Gasteiger partial charge in [-0.15, -0.1) is 0 Å². The molecule has 1 aromatic heterocycles. The second kappa shape index (κ2) is 10.0. The van der Waals surface area contributed by atoms with Gasteiger partial charge in [0.1, 0.15) is 5.75 Å². The van der Waals surface area contributed by atoms with Gasteiger partial charge >= 0.3 is 0 Å². The zero-order valence-corrected chi connectivity index (χ0v) is 20.1. The van der Waals surface area contributed by atoms with Gasteiger partial charge in [-0.2, -0.15) is 0 Å².